The molecule has 0 radical (unpaired) electrons. The van der Waals surface area contributed by atoms with Crippen LogP contribution in [0.25, 0.3) is 0 Å². The molecular weight excluding hydrogens is 238 g/mol. The maximum absolute atomic E-state index is 10.4. The summed E-state index contributed by atoms with van der Waals surface area (Å²) in [6.07, 6.45) is 0.890. The van der Waals surface area contributed by atoms with Crippen molar-refractivity contribution in [1.29, 1.82) is 0 Å². The van der Waals surface area contributed by atoms with Crippen molar-refractivity contribution >= 4 is 17.6 Å². The maximum atomic E-state index is 10.4. The molecule has 1 unspecified atom stereocenters. The monoisotopic (exact) mass is 255 g/mol. The summed E-state index contributed by atoms with van der Waals surface area (Å²) in [5.41, 5.74) is 1.19. The Labute approximate surface area is 107 Å². The number of nitrogens with zero attached hydrogens (tertiary/aromatic N) is 1. The smallest absolute Gasteiger partial charge is 0.303 e. The predicted molar refractivity (Wildman–Crippen MR) is 69.4 cm³/mol. The van der Waals surface area contributed by atoms with Gasteiger partial charge in [-0.2, -0.15) is 0 Å². The lowest BCUT2D eigenvalue weighted by Gasteiger charge is -2.24. The molecule has 1 rings (SSSR count). The Bertz CT molecular complexity index is 364. The molecule has 0 heterocycles. The first-order valence-electron chi connectivity index (χ1n) is 5.68. The van der Waals surface area contributed by atoms with E-state index in [9.17, 15) is 4.79 Å². The zero-order valence-electron chi connectivity index (χ0n) is 10.2. The van der Waals surface area contributed by atoms with Gasteiger partial charge in [0, 0.05) is 17.5 Å². The first-order valence-corrected chi connectivity index (χ1v) is 6.06. The first-order chi connectivity index (χ1) is 8.00. The molecule has 0 saturated heterocycles. The van der Waals surface area contributed by atoms with E-state index in [0.29, 0.717) is 6.42 Å². The van der Waals surface area contributed by atoms with Crippen LogP contribution in [-0.2, 0) is 4.79 Å². The summed E-state index contributed by atoms with van der Waals surface area (Å²) < 4.78 is 0. The van der Waals surface area contributed by atoms with Crippen LogP contribution in [0, 0.1) is 0 Å². The summed E-state index contributed by atoms with van der Waals surface area (Å²) in [5.74, 6) is -0.738. The summed E-state index contributed by atoms with van der Waals surface area (Å²) in [6, 6.07) is 8.01. The molecular formula is C13H18ClNO2. The summed E-state index contributed by atoms with van der Waals surface area (Å²) in [5, 5.41) is 9.31. The van der Waals surface area contributed by atoms with Crippen molar-refractivity contribution in [2.24, 2.45) is 0 Å². The highest BCUT2D eigenvalue weighted by Crippen LogP contribution is 2.20. The van der Waals surface area contributed by atoms with Gasteiger partial charge in [-0.25, -0.2) is 0 Å². The molecule has 94 valence electrons. The number of aliphatic carboxylic acids is 1. The van der Waals surface area contributed by atoms with Crippen molar-refractivity contribution in [3.63, 3.8) is 0 Å². The van der Waals surface area contributed by atoms with Gasteiger partial charge in [-0.05, 0) is 44.6 Å². The van der Waals surface area contributed by atoms with Crippen LogP contribution in [0.4, 0.5) is 0 Å². The van der Waals surface area contributed by atoms with Gasteiger partial charge in [0.2, 0.25) is 0 Å². The van der Waals surface area contributed by atoms with E-state index in [1.165, 1.54) is 5.56 Å². The number of carboxylic acid groups (broad SMARTS) is 1. The second-order valence-corrected chi connectivity index (χ2v) is 4.64. The first kappa shape index (κ1) is 14.0. The SMILES string of the molecule is CC(c1ccc(Cl)cc1)N(C)CCCC(=O)O. The molecule has 0 aliphatic carbocycles. The van der Waals surface area contributed by atoms with Crippen LogP contribution in [0.2, 0.25) is 5.02 Å². The van der Waals surface area contributed by atoms with E-state index in [-0.39, 0.29) is 12.5 Å². The fourth-order valence-electron chi connectivity index (χ4n) is 1.67. The van der Waals surface area contributed by atoms with Crippen molar-refractivity contribution in [2.45, 2.75) is 25.8 Å². The van der Waals surface area contributed by atoms with Gasteiger partial charge < -0.3 is 5.11 Å². The highest BCUT2D eigenvalue weighted by atomic mass is 35.5. The van der Waals surface area contributed by atoms with Crippen LogP contribution in [0.15, 0.2) is 24.3 Å². The van der Waals surface area contributed by atoms with Crippen LogP contribution < -0.4 is 0 Å². The third kappa shape index (κ3) is 4.75. The second-order valence-electron chi connectivity index (χ2n) is 4.21. The van der Waals surface area contributed by atoms with Crippen LogP contribution >= 0.6 is 11.6 Å². The molecule has 0 spiro atoms. The van der Waals surface area contributed by atoms with Gasteiger partial charge in [-0.3, -0.25) is 9.69 Å². The van der Waals surface area contributed by atoms with Crippen molar-refractivity contribution < 1.29 is 9.90 Å². The molecule has 0 fully saturated rings. The second kappa shape index (κ2) is 6.62. The molecule has 0 aliphatic heterocycles. The van der Waals surface area contributed by atoms with Crippen LogP contribution in [0.5, 0.6) is 0 Å². The average Bonchev–Trinajstić information content (AvgIpc) is 2.28. The normalized spacial score (nSPS) is 12.7. The zero-order valence-corrected chi connectivity index (χ0v) is 10.9. The Hall–Kier alpha value is -1.06. The van der Waals surface area contributed by atoms with Gasteiger partial charge in [0.05, 0.1) is 0 Å². The fourth-order valence-corrected chi connectivity index (χ4v) is 1.80. The number of halogens is 1. The topological polar surface area (TPSA) is 40.5 Å². The van der Waals surface area contributed by atoms with Gasteiger partial charge in [-0.1, -0.05) is 23.7 Å². The number of carbonyl (C=O) groups is 1. The van der Waals surface area contributed by atoms with E-state index in [0.717, 1.165) is 11.6 Å². The summed E-state index contributed by atoms with van der Waals surface area (Å²) >= 11 is 5.84. The molecule has 0 saturated carbocycles. The standard InChI is InChI=1S/C13H18ClNO2/c1-10(11-5-7-12(14)8-6-11)15(2)9-3-4-13(16)17/h5-8,10H,3-4,9H2,1-2H3,(H,16,17). The minimum Gasteiger partial charge on any atom is -0.481 e. The number of hydrogen-bond acceptors (Lipinski definition) is 2. The van der Waals surface area contributed by atoms with Gasteiger partial charge in [0.15, 0.2) is 0 Å². The molecule has 3 nitrogen and oxygen atoms in total. The molecule has 0 bridgehead atoms. The molecule has 17 heavy (non-hydrogen) atoms. The van der Waals surface area contributed by atoms with Gasteiger partial charge in [0.1, 0.15) is 0 Å². The molecule has 1 N–H and O–H groups in total. The quantitative estimate of drug-likeness (QED) is 0.849. The molecule has 1 aromatic carbocycles. The fraction of sp³-hybridized carbons (Fsp3) is 0.462. The number of benzene rings is 1. The number of rotatable bonds is 6. The van der Waals surface area contributed by atoms with E-state index < -0.39 is 5.97 Å². The van der Waals surface area contributed by atoms with Crippen molar-refractivity contribution in [3.8, 4) is 0 Å². The molecule has 1 aromatic rings. The molecule has 4 heteroatoms. The highest BCUT2D eigenvalue weighted by molar-refractivity contribution is 6.30. The minimum absolute atomic E-state index is 0.220. The van der Waals surface area contributed by atoms with Gasteiger partial charge in [-0.15, -0.1) is 0 Å². The zero-order chi connectivity index (χ0) is 12.8. The van der Waals surface area contributed by atoms with E-state index in [4.69, 9.17) is 16.7 Å². The third-order valence-corrected chi connectivity index (χ3v) is 3.17. The lowest BCUT2D eigenvalue weighted by Crippen LogP contribution is -2.24. The third-order valence-electron chi connectivity index (χ3n) is 2.92. The van der Waals surface area contributed by atoms with Gasteiger partial charge >= 0.3 is 5.97 Å². The van der Waals surface area contributed by atoms with E-state index in [2.05, 4.69) is 11.8 Å². The Balaban J connectivity index is 2.48. The average molecular weight is 256 g/mol. The lowest BCUT2D eigenvalue weighted by atomic mass is 10.1. The van der Waals surface area contributed by atoms with E-state index in [1.54, 1.807) is 0 Å². The van der Waals surface area contributed by atoms with Crippen molar-refractivity contribution in [1.82, 2.24) is 4.90 Å². The van der Waals surface area contributed by atoms with Crippen molar-refractivity contribution in [3.05, 3.63) is 34.9 Å². The Morgan fingerprint density at radius 3 is 2.53 bits per heavy atom. The Morgan fingerprint density at radius 1 is 1.41 bits per heavy atom. The summed E-state index contributed by atoms with van der Waals surface area (Å²) in [6.45, 7) is 2.88. The minimum atomic E-state index is -0.738. The summed E-state index contributed by atoms with van der Waals surface area (Å²) in [4.78, 5) is 12.6. The van der Waals surface area contributed by atoms with Gasteiger partial charge in [0.25, 0.3) is 0 Å². The maximum Gasteiger partial charge on any atom is 0.303 e. The van der Waals surface area contributed by atoms with E-state index >= 15 is 0 Å². The van der Waals surface area contributed by atoms with Crippen molar-refractivity contribution in [2.75, 3.05) is 13.6 Å². The predicted octanol–water partition coefficient (Wildman–Crippen LogP) is 3.20. The van der Waals surface area contributed by atoms with E-state index in [1.807, 2.05) is 31.3 Å². The molecule has 1 atom stereocenters. The van der Waals surface area contributed by atoms with Crippen LogP contribution in [0.3, 0.4) is 0 Å². The molecule has 0 aromatic heterocycles. The van der Waals surface area contributed by atoms with Crippen LogP contribution in [-0.4, -0.2) is 29.6 Å². The summed E-state index contributed by atoms with van der Waals surface area (Å²) in [7, 11) is 2.00. The number of carboxylic acids is 1. The molecule has 0 amide bonds. The molecule has 0 aliphatic rings. The Morgan fingerprint density at radius 2 is 2.00 bits per heavy atom. The van der Waals surface area contributed by atoms with Crippen LogP contribution in [0.1, 0.15) is 31.4 Å². The number of hydrogen-bond donors (Lipinski definition) is 1. The largest absolute Gasteiger partial charge is 0.481 e. The Kier molecular flexibility index (Phi) is 5.45. The highest BCUT2D eigenvalue weighted by Gasteiger charge is 2.11. The lowest BCUT2D eigenvalue weighted by molar-refractivity contribution is -0.137.